The van der Waals surface area contributed by atoms with E-state index in [-0.39, 0.29) is 0 Å². The minimum absolute atomic E-state index is 1.17. The third-order valence-corrected chi connectivity index (χ3v) is 30.2. The van der Waals surface area contributed by atoms with Crippen LogP contribution in [0.4, 0.5) is 0 Å². The van der Waals surface area contributed by atoms with E-state index in [0.29, 0.717) is 0 Å². The first-order valence-corrected chi connectivity index (χ1v) is 51.4. The molecule has 0 amide bonds. The molecule has 0 fully saturated rings. The normalized spacial score (nSPS) is 11.5. The molecule has 0 saturated heterocycles. The van der Waals surface area contributed by atoms with Crippen LogP contribution in [0.15, 0.2) is 546 Å². The van der Waals surface area contributed by atoms with Crippen LogP contribution < -0.4 is 0 Å². The lowest BCUT2D eigenvalue weighted by Gasteiger charge is -2.20. The Kier molecular flexibility index (Phi) is 23.0. The van der Waals surface area contributed by atoms with Crippen LogP contribution in [0, 0.1) is 27.7 Å². The molecule has 2 aromatic heterocycles. The van der Waals surface area contributed by atoms with Gasteiger partial charge in [-0.05, 0) is 323 Å². The fourth-order valence-electron chi connectivity index (χ4n) is 22.9. The summed E-state index contributed by atoms with van der Waals surface area (Å²) in [7, 11) is 0. The lowest BCUT2D eigenvalue weighted by atomic mass is 9.83. The molecule has 696 valence electrons. The quantitative estimate of drug-likeness (QED) is 0.0804. The largest absolute Gasteiger partial charge is 0.309 e. The predicted octanol–water partition coefficient (Wildman–Crippen LogP) is 40.4. The van der Waals surface area contributed by atoms with Crippen molar-refractivity contribution in [2.45, 2.75) is 27.7 Å². The Bertz CT molecular complexity index is 9760. The van der Waals surface area contributed by atoms with Crippen LogP contribution in [0.1, 0.15) is 22.3 Å². The highest BCUT2D eigenvalue weighted by Crippen LogP contribution is 2.51. The first-order valence-electron chi connectivity index (χ1n) is 51.4. The predicted molar refractivity (Wildman–Crippen MR) is 632 cm³/mol. The maximum atomic E-state index is 2.43. The second kappa shape index (κ2) is 38.1. The summed E-state index contributed by atoms with van der Waals surface area (Å²) >= 11 is 0. The maximum Gasteiger partial charge on any atom is 0.0541 e. The molecule has 0 atom stereocenters. The molecular formula is C146H102N2. The highest BCUT2D eigenvalue weighted by atomic mass is 15.0. The molecule has 0 aliphatic carbocycles. The molecule has 0 aliphatic rings. The highest BCUT2D eigenvalue weighted by molar-refractivity contribution is 6.25. The van der Waals surface area contributed by atoms with Crippen LogP contribution in [0.25, 0.3) is 265 Å². The van der Waals surface area contributed by atoms with E-state index in [0.717, 1.165) is 0 Å². The van der Waals surface area contributed by atoms with Gasteiger partial charge in [0.25, 0.3) is 0 Å². The Balaban J connectivity index is 0.000000150. The summed E-state index contributed by atoms with van der Waals surface area (Å²) in [4.78, 5) is 0. The van der Waals surface area contributed by atoms with Crippen molar-refractivity contribution < 1.29 is 0 Å². The van der Waals surface area contributed by atoms with E-state index >= 15 is 0 Å². The Hall–Kier alpha value is -18.9. The summed E-state index contributed by atoms with van der Waals surface area (Å²) in [5.41, 5.74) is 48.5. The van der Waals surface area contributed by atoms with E-state index in [4.69, 9.17) is 0 Å². The third-order valence-electron chi connectivity index (χ3n) is 30.2. The molecule has 0 saturated carbocycles. The smallest absolute Gasteiger partial charge is 0.0541 e. The summed E-state index contributed by atoms with van der Waals surface area (Å²) in [6, 6.07) is 202. The minimum atomic E-state index is 1.17. The van der Waals surface area contributed by atoms with Gasteiger partial charge in [-0.15, -0.1) is 0 Å². The number of rotatable bonds is 17. The van der Waals surface area contributed by atoms with Gasteiger partial charge in [-0.25, -0.2) is 0 Å². The SMILES string of the molecule is Cc1cccc(-c2ccc3c(-c4ccc(-c5ccc(-c6ccc7c(c6)c6ccccc6n7-c6ccccc6)cc5)cc4)c4cc(-c5cccc(C)c5)ccc4c(-c4ccc(-c5ccc(-c6ccccc6)cc5)cc4)c3c2)c1.Cc1cccc(-c2ccc3c(-c4ccc(-c5ccc(-c6ccc7c(c6)c6ccccc6n7-c6ccccc6)cc5)cc4)c4cc(-c5cccc(C)c5)ccc4c(-c4ccc(-c5ccccc5)cc4)c3c2)c1. The first-order chi connectivity index (χ1) is 73.0. The Morgan fingerprint density at radius 1 is 0.101 bits per heavy atom. The molecule has 0 spiro atoms. The summed E-state index contributed by atoms with van der Waals surface area (Å²) in [6.07, 6.45) is 0. The number of benzene rings is 25. The summed E-state index contributed by atoms with van der Waals surface area (Å²) in [6.45, 7) is 8.70. The average Bonchev–Trinajstić information content (AvgIpc) is 1.12. The van der Waals surface area contributed by atoms with Gasteiger partial charge in [-0.3, -0.25) is 0 Å². The van der Waals surface area contributed by atoms with Crippen molar-refractivity contribution in [3.63, 3.8) is 0 Å². The first kappa shape index (κ1) is 89.2. The molecule has 0 aliphatic heterocycles. The van der Waals surface area contributed by atoms with E-state index in [1.807, 2.05) is 0 Å². The molecule has 25 aromatic carbocycles. The van der Waals surface area contributed by atoms with Gasteiger partial charge in [-0.1, -0.05) is 483 Å². The summed E-state index contributed by atoms with van der Waals surface area (Å²) in [5, 5.41) is 14.9. The number of para-hydroxylation sites is 4. The Labute approximate surface area is 863 Å². The fourth-order valence-corrected chi connectivity index (χ4v) is 22.9. The lowest BCUT2D eigenvalue weighted by molar-refractivity contribution is 1.18. The summed E-state index contributed by atoms with van der Waals surface area (Å²) < 4.78 is 4.75. The number of fused-ring (bicyclic) bond motifs is 10. The van der Waals surface area contributed by atoms with Gasteiger partial charge >= 0.3 is 0 Å². The van der Waals surface area contributed by atoms with E-state index in [1.165, 1.54) is 287 Å². The number of hydrogen-bond donors (Lipinski definition) is 0. The van der Waals surface area contributed by atoms with Gasteiger partial charge in [0.2, 0.25) is 0 Å². The molecule has 0 bridgehead atoms. The van der Waals surface area contributed by atoms with Crippen LogP contribution >= 0.6 is 0 Å². The molecule has 0 radical (unpaired) electrons. The lowest BCUT2D eigenvalue weighted by Crippen LogP contribution is -1.93. The highest BCUT2D eigenvalue weighted by Gasteiger charge is 2.25. The van der Waals surface area contributed by atoms with E-state index in [1.54, 1.807) is 0 Å². The van der Waals surface area contributed by atoms with Crippen LogP contribution in [-0.2, 0) is 0 Å². The van der Waals surface area contributed by atoms with Gasteiger partial charge in [0.05, 0.1) is 22.1 Å². The zero-order valence-electron chi connectivity index (χ0n) is 82.9. The zero-order valence-corrected chi connectivity index (χ0v) is 82.9. The van der Waals surface area contributed by atoms with Gasteiger partial charge < -0.3 is 9.13 Å². The topological polar surface area (TPSA) is 9.86 Å². The monoisotopic (exact) mass is 1880 g/mol. The van der Waals surface area contributed by atoms with Crippen LogP contribution in [0.2, 0.25) is 0 Å². The van der Waals surface area contributed by atoms with E-state index in [9.17, 15) is 0 Å². The number of aromatic nitrogens is 2. The molecule has 148 heavy (non-hydrogen) atoms. The van der Waals surface area contributed by atoms with Gasteiger partial charge in [0.1, 0.15) is 0 Å². The molecule has 2 heterocycles. The second-order valence-electron chi connectivity index (χ2n) is 39.6. The Morgan fingerprint density at radius 2 is 0.270 bits per heavy atom. The van der Waals surface area contributed by atoms with Crippen molar-refractivity contribution in [1.82, 2.24) is 9.13 Å². The fraction of sp³-hybridized carbons (Fsp3) is 0.0274. The standard InChI is InChI=1S/C76H53N.C70H49N/c1-50-13-11-17-61(45-50)64-40-43-69-71(48-64)75(59-35-31-56(32-36-59)54-25-23-53(24-26-54)52-15-5-3-6-16-52)68-42-39-65(62-18-12-14-51(2)46-62)49-72(68)76(69)60-37-33-57(34-38-60)55-27-29-58(30-28-55)63-41-44-74-70(47-63)67-21-9-10-22-73(67)77(74)66-19-7-4-8-20-66;1-46-13-11-17-55(41-46)58-36-39-63-65(44-58)69(53-31-27-49(28-32-53)48-15-5-3-6-16-48)62-38-35-59(56-18-12-14-47(2)42-56)45-66(62)70(63)54-33-29-51(30-34-54)50-23-25-52(26-24-50)57-37-40-68-64(43-57)61-21-9-10-22-67(61)71(68)60-19-7-4-8-20-60/h3-49H,1-2H3;3-45H,1-2H3. The molecule has 0 unspecified atom stereocenters. The number of nitrogens with zero attached hydrogens (tertiary/aromatic N) is 2. The molecule has 2 nitrogen and oxygen atoms in total. The van der Waals surface area contributed by atoms with Crippen LogP contribution in [0.5, 0.6) is 0 Å². The average molecular weight is 1880 g/mol. The third kappa shape index (κ3) is 16.8. The van der Waals surface area contributed by atoms with Crippen molar-refractivity contribution in [2.75, 3.05) is 0 Å². The van der Waals surface area contributed by atoms with Crippen LogP contribution in [-0.4, -0.2) is 9.13 Å². The van der Waals surface area contributed by atoms with E-state index in [2.05, 4.69) is 583 Å². The zero-order chi connectivity index (χ0) is 98.8. The minimum Gasteiger partial charge on any atom is -0.309 e. The number of hydrogen-bond acceptors (Lipinski definition) is 0. The molecule has 0 N–H and O–H groups in total. The van der Waals surface area contributed by atoms with Gasteiger partial charge in [-0.2, -0.15) is 0 Å². The van der Waals surface area contributed by atoms with Crippen LogP contribution in [0.3, 0.4) is 0 Å². The molecular weight excluding hydrogens is 1780 g/mol. The second-order valence-corrected chi connectivity index (χ2v) is 39.6. The number of aryl methyl sites for hydroxylation is 4. The van der Waals surface area contributed by atoms with Crippen molar-refractivity contribution in [2.24, 2.45) is 0 Å². The Morgan fingerprint density at radius 3 is 0.520 bits per heavy atom. The van der Waals surface area contributed by atoms with Crippen molar-refractivity contribution in [3.05, 3.63) is 568 Å². The molecule has 2 heteroatoms. The van der Waals surface area contributed by atoms with Gasteiger partial charge in [0, 0.05) is 32.9 Å². The van der Waals surface area contributed by atoms with Crippen molar-refractivity contribution in [3.8, 4) is 178 Å². The summed E-state index contributed by atoms with van der Waals surface area (Å²) in [5.74, 6) is 0. The van der Waals surface area contributed by atoms with Crippen molar-refractivity contribution >= 4 is 86.7 Å². The van der Waals surface area contributed by atoms with Crippen molar-refractivity contribution in [1.29, 1.82) is 0 Å². The molecule has 27 aromatic rings. The molecule has 27 rings (SSSR count). The van der Waals surface area contributed by atoms with E-state index < -0.39 is 0 Å². The maximum absolute atomic E-state index is 2.43. The van der Waals surface area contributed by atoms with Gasteiger partial charge in [0.15, 0.2) is 0 Å².